The normalized spacial score (nSPS) is 12.0. The third-order valence-electron chi connectivity index (χ3n) is 2.50. The smallest absolute Gasteiger partial charge is 0.226 e. The lowest BCUT2D eigenvalue weighted by Crippen LogP contribution is -2.32. The summed E-state index contributed by atoms with van der Waals surface area (Å²) in [6.45, 7) is 2.59. The molecule has 1 heterocycles. The van der Waals surface area contributed by atoms with Crippen LogP contribution in [0.15, 0.2) is 12.3 Å². The third kappa shape index (κ3) is 3.58. The first-order chi connectivity index (χ1) is 7.91. The van der Waals surface area contributed by atoms with E-state index in [1.54, 1.807) is 6.20 Å². The summed E-state index contributed by atoms with van der Waals surface area (Å²) in [6, 6.07) is 1.85. The number of nitrogens with one attached hydrogen (secondary N) is 1. The SMILES string of the molecule is CC(CN(C)c1ccnc(N(C)C)n1)C(=N)N. The number of aromatic nitrogens is 2. The lowest BCUT2D eigenvalue weighted by Gasteiger charge is -2.22. The summed E-state index contributed by atoms with van der Waals surface area (Å²) in [5, 5.41) is 7.38. The molecule has 0 saturated heterocycles. The quantitative estimate of drug-likeness (QED) is 0.576. The van der Waals surface area contributed by atoms with E-state index in [0.29, 0.717) is 12.5 Å². The van der Waals surface area contributed by atoms with Crippen molar-refractivity contribution in [3.8, 4) is 0 Å². The first-order valence-corrected chi connectivity index (χ1v) is 5.47. The minimum atomic E-state index is 0.0118. The van der Waals surface area contributed by atoms with E-state index in [-0.39, 0.29) is 11.8 Å². The van der Waals surface area contributed by atoms with Gasteiger partial charge in [-0.1, -0.05) is 6.92 Å². The number of hydrogen-bond donors (Lipinski definition) is 2. The van der Waals surface area contributed by atoms with E-state index in [1.165, 1.54) is 0 Å². The van der Waals surface area contributed by atoms with E-state index in [2.05, 4.69) is 9.97 Å². The fourth-order valence-corrected chi connectivity index (χ4v) is 1.37. The van der Waals surface area contributed by atoms with Crippen molar-refractivity contribution in [1.29, 1.82) is 5.41 Å². The highest BCUT2D eigenvalue weighted by Crippen LogP contribution is 2.13. The molecule has 0 fully saturated rings. The maximum Gasteiger partial charge on any atom is 0.226 e. The molecule has 0 aliphatic heterocycles. The van der Waals surface area contributed by atoms with Crippen molar-refractivity contribution in [1.82, 2.24) is 9.97 Å². The lowest BCUT2D eigenvalue weighted by molar-refractivity contribution is 0.721. The van der Waals surface area contributed by atoms with Gasteiger partial charge in [0.2, 0.25) is 5.95 Å². The van der Waals surface area contributed by atoms with Gasteiger partial charge < -0.3 is 15.5 Å². The number of anilines is 2. The van der Waals surface area contributed by atoms with Gasteiger partial charge in [-0.15, -0.1) is 0 Å². The molecule has 0 aromatic carbocycles. The zero-order valence-corrected chi connectivity index (χ0v) is 10.8. The Kier molecular flexibility index (Phi) is 4.25. The second kappa shape index (κ2) is 5.47. The molecule has 1 aromatic heterocycles. The van der Waals surface area contributed by atoms with Crippen LogP contribution in [0.1, 0.15) is 6.92 Å². The molecule has 0 radical (unpaired) electrons. The zero-order valence-electron chi connectivity index (χ0n) is 10.8. The number of amidine groups is 1. The Bertz CT molecular complexity index is 389. The fourth-order valence-electron chi connectivity index (χ4n) is 1.37. The third-order valence-corrected chi connectivity index (χ3v) is 2.50. The number of hydrogen-bond acceptors (Lipinski definition) is 5. The van der Waals surface area contributed by atoms with E-state index in [9.17, 15) is 0 Å². The van der Waals surface area contributed by atoms with Crippen LogP contribution in [0.5, 0.6) is 0 Å². The fraction of sp³-hybridized carbons (Fsp3) is 0.545. The molecule has 0 saturated carbocycles. The van der Waals surface area contributed by atoms with Crippen LogP contribution >= 0.6 is 0 Å². The summed E-state index contributed by atoms with van der Waals surface area (Å²) in [6.07, 6.45) is 1.73. The van der Waals surface area contributed by atoms with E-state index in [4.69, 9.17) is 11.1 Å². The number of rotatable bonds is 5. The van der Waals surface area contributed by atoms with Gasteiger partial charge in [0.05, 0.1) is 5.84 Å². The first kappa shape index (κ1) is 13.2. The van der Waals surface area contributed by atoms with Crippen LogP contribution in [-0.2, 0) is 0 Å². The second-order valence-corrected chi connectivity index (χ2v) is 4.35. The highest BCUT2D eigenvalue weighted by atomic mass is 15.3. The van der Waals surface area contributed by atoms with Crippen molar-refractivity contribution in [3.63, 3.8) is 0 Å². The molecule has 1 unspecified atom stereocenters. The minimum absolute atomic E-state index is 0.0118. The number of nitrogens with zero attached hydrogens (tertiary/aromatic N) is 4. The average molecular weight is 236 g/mol. The van der Waals surface area contributed by atoms with E-state index in [0.717, 1.165) is 5.82 Å². The molecule has 1 aromatic rings. The summed E-state index contributed by atoms with van der Waals surface area (Å²) >= 11 is 0. The molecular weight excluding hydrogens is 216 g/mol. The van der Waals surface area contributed by atoms with Crippen molar-refractivity contribution >= 4 is 17.6 Å². The minimum Gasteiger partial charge on any atom is -0.387 e. The predicted octanol–water partition coefficient (Wildman–Crippen LogP) is 0.551. The average Bonchev–Trinajstić information content (AvgIpc) is 2.28. The van der Waals surface area contributed by atoms with Crippen molar-refractivity contribution in [2.75, 3.05) is 37.5 Å². The summed E-state index contributed by atoms with van der Waals surface area (Å²) < 4.78 is 0. The van der Waals surface area contributed by atoms with E-state index >= 15 is 0 Å². The summed E-state index contributed by atoms with van der Waals surface area (Å²) in [4.78, 5) is 12.4. The van der Waals surface area contributed by atoms with Crippen LogP contribution in [0.2, 0.25) is 0 Å². The van der Waals surface area contributed by atoms with Crippen LogP contribution in [0.3, 0.4) is 0 Å². The van der Waals surface area contributed by atoms with Gasteiger partial charge in [-0.25, -0.2) is 4.98 Å². The molecule has 6 heteroatoms. The highest BCUT2D eigenvalue weighted by Gasteiger charge is 2.11. The van der Waals surface area contributed by atoms with Crippen molar-refractivity contribution in [2.24, 2.45) is 11.7 Å². The molecule has 0 amide bonds. The highest BCUT2D eigenvalue weighted by molar-refractivity contribution is 5.79. The van der Waals surface area contributed by atoms with E-state index < -0.39 is 0 Å². The van der Waals surface area contributed by atoms with Crippen LogP contribution in [0.4, 0.5) is 11.8 Å². The van der Waals surface area contributed by atoms with Gasteiger partial charge in [0, 0.05) is 39.8 Å². The molecule has 94 valence electrons. The van der Waals surface area contributed by atoms with Crippen LogP contribution in [-0.4, -0.2) is 43.5 Å². The molecule has 3 N–H and O–H groups in total. The number of nitrogens with two attached hydrogens (primary N) is 1. The van der Waals surface area contributed by atoms with Crippen molar-refractivity contribution < 1.29 is 0 Å². The van der Waals surface area contributed by atoms with Crippen LogP contribution in [0, 0.1) is 11.3 Å². The predicted molar refractivity (Wildman–Crippen MR) is 70.7 cm³/mol. The Morgan fingerprint density at radius 1 is 1.47 bits per heavy atom. The Hall–Kier alpha value is -1.85. The monoisotopic (exact) mass is 236 g/mol. The molecular formula is C11H20N6. The Balaban J connectivity index is 2.78. The maximum atomic E-state index is 7.38. The molecule has 17 heavy (non-hydrogen) atoms. The lowest BCUT2D eigenvalue weighted by atomic mass is 10.1. The van der Waals surface area contributed by atoms with Gasteiger partial charge in [-0.2, -0.15) is 4.98 Å². The zero-order chi connectivity index (χ0) is 13.0. The Labute approximate surface area is 102 Å². The van der Waals surface area contributed by atoms with Gasteiger partial charge in [-0.3, -0.25) is 5.41 Å². The first-order valence-electron chi connectivity index (χ1n) is 5.47. The summed E-state index contributed by atoms with van der Waals surface area (Å²) in [7, 11) is 5.73. The topological polar surface area (TPSA) is 82.1 Å². The molecule has 0 aliphatic rings. The standard InChI is InChI=1S/C11H20N6/c1-8(10(12)13)7-17(4)9-5-6-14-11(15-9)16(2)3/h5-6,8H,7H2,1-4H3,(H3,12,13). The molecule has 1 rings (SSSR count). The molecule has 1 atom stereocenters. The molecule has 0 bridgehead atoms. The Morgan fingerprint density at radius 2 is 2.12 bits per heavy atom. The summed E-state index contributed by atoms with van der Waals surface area (Å²) in [5.41, 5.74) is 5.46. The largest absolute Gasteiger partial charge is 0.387 e. The van der Waals surface area contributed by atoms with Crippen molar-refractivity contribution in [3.05, 3.63) is 12.3 Å². The van der Waals surface area contributed by atoms with Gasteiger partial charge in [0.15, 0.2) is 0 Å². The molecule has 0 aliphatic carbocycles. The molecule has 0 spiro atoms. The van der Waals surface area contributed by atoms with Gasteiger partial charge >= 0.3 is 0 Å². The van der Waals surface area contributed by atoms with Gasteiger partial charge in [0.1, 0.15) is 5.82 Å². The van der Waals surface area contributed by atoms with Gasteiger partial charge in [0.25, 0.3) is 0 Å². The van der Waals surface area contributed by atoms with E-state index in [1.807, 2.05) is 43.9 Å². The Morgan fingerprint density at radius 3 is 2.65 bits per heavy atom. The van der Waals surface area contributed by atoms with Crippen molar-refractivity contribution in [2.45, 2.75) is 6.92 Å². The molecule has 6 nitrogen and oxygen atoms in total. The maximum absolute atomic E-state index is 7.38. The second-order valence-electron chi connectivity index (χ2n) is 4.35. The van der Waals surface area contributed by atoms with Crippen LogP contribution < -0.4 is 15.5 Å². The summed E-state index contributed by atoms with van der Waals surface area (Å²) in [5.74, 6) is 1.71. The van der Waals surface area contributed by atoms with Crippen LogP contribution in [0.25, 0.3) is 0 Å². The van der Waals surface area contributed by atoms with Gasteiger partial charge in [-0.05, 0) is 6.07 Å².